The maximum atomic E-state index is 12.6. The van der Waals surface area contributed by atoms with Gasteiger partial charge in [0.05, 0.1) is 6.54 Å². The van der Waals surface area contributed by atoms with Gasteiger partial charge in [-0.3, -0.25) is 14.3 Å². The van der Waals surface area contributed by atoms with E-state index in [1.54, 1.807) is 15.9 Å². The zero-order valence-electron chi connectivity index (χ0n) is 12.8. The second-order valence-corrected chi connectivity index (χ2v) is 5.50. The van der Waals surface area contributed by atoms with Gasteiger partial charge < -0.3 is 10.2 Å². The molecule has 0 spiro atoms. The third-order valence-corrected chi connectivity index (χ3v) is 3.88. The maximum Gasteiger partial charge on any atom is 0.249 e. The highest BCUT2D eigenvalue weighted by molar-refractivity contribution is 5.99. The smallest absolute Gasteiger partial charge is 0.249 e. The summed E-state index contributed by atoms with van der Waals surface area (Å²) in [5.74, 6) is -0.190. The first-order valence-corrected chi connectivity index (χ1v) is 7.72. The Morgan fingerprint density at radius 2 is 2.13 bits per heavy atom. The second-order valence-electron chi connectivity index (χ2n) is 5.50. The Bertz CT molecular complexity index is 656. The summed E-state index contributed by atoms with van der Waals surface area (Å²) in [6.45, 7) is 1.14. The fraction of sp³-hybridized carbons (Fsp3) is 0.375. The van der Waals surface area contributed by atoms with E-state index in [9.17, 15) is 9.59 Å². The number of aryl methyl sites for hydroxylation is 1. The van der Waals surface area contributed by atoms with Crippen LogP contribution in [0.3, 0.4) is 0 Å². The number of nitrogens with one attached hydrogen (secondary N) is 1. The molecule has 120 valence electrons. The highest BCUT2D eigenvalue weighted by Crippen LogP contribution is 2.20. The van der Waals surface area contributed by atoms with Crippen LogP contribution in [0.15, 0.2) is 43.0 Å². The van der Waals surface area contributed by atoms with E-state index in [2.05, 4.69) is 15.4 Å². The van der Waals surface area contributed by atoms with Crippen LogP contribution in [0.2, 0.25) is 0 Å². The first kappa shape index (κ1) is 15.2. The van der Waals surface area contributed by atoms with Crippen LogP contribution >= 0.6 is 0 Å². The van der Waals surface area contributed by atoms with Gasteiger partial charge in [-0.2, -0.15) is 5.10 Å². The van der Waals surface area contributed by atoms with Crippen molar-refractivity contribution in [2.24, 2.45) is 0 Å². The molecule has 1 N–H and O–H groups in total. The average Bonchev–Trinajstić information content (AvgIpc) is 3.09. The zero-order valence-corrected chi connectivity index (χ0v) is 12.8. The molecule has 1 atom stereocenters. The molecule has 3 rings (SSSR count). The van der Waals surface area contributed by atoms with Gasteiger partial charge >= 0.3 is 0 Å². The normalized spacial score (nSPS) is 18.0. The van der Waals surface area contributed by atoms with Gasteiger partial charge in [0, 0.05) is 18.7 Å². The van der Waals surface area contributed by atoms with Gasteiger partial charge in [-0.15, -0.1) is 0 Å². The molecule has 0 unspecified atom stereocenters. The van der Waals surface area contributed by atoms with Crippen molar-refractivity contribution >= 4 is 17.5 Å². The highest BCUT2D eigenvalue weighted by atomic mass is 16.2. The topological polar surface area (TPSA) is 80.1 Å². The van der Waals surface area contributed by atoms with E-state index in [-0.39, 0.29) is 18.2 Å². The molecule has 1 saturated heterocycles. The number of carbonyl (C=O) groups excluding carboxylic acids is 2. The number of rotatable bonds is 5. The third kappa shape index (κ3) is 3.74. The summed E-state index contributed by atoms with van der Waals surface area (Å²) in [5, 5.41) is 6.79. The number of para-hydroxylation sites is 1. The Morgan fingerprint density at radius 1 is 1.30 bits per heavy atom. The number of anilines is 1. The molecule has 7 heteroatoms. The number of benzene rings is 1. The molecule has 0 aliphatic carbocycles. The van der Waals surface area contributed by atoms with E-state index >= 15 is 0 Å². The number of aromatic nitrogens is 3. The summed E-state index contributed by atoms with van der Waals surface area (Å²) in [4.78, 5) is 30.2. The lowest BCUT2D eigenvalue weighted by atomic mass is 10.0. The van der Waals surface area contributed by atoms with Gasteiger partial charge in [-0.05, 0) is 25.0 Å². The van der Waals surface area contributed by atoms with Crippen LogP contribution < -0.4 is 10.2 Å². The lowest BCUT2D eigenvalue weighted by Crippen LogP contribution is -2.52. The van der Waals surface area contributed by atoms with Crippen molar-refractivity contribution in [3.05, 3.63) is 43.0 Å². The van der Waals surface area contributed by atoms with Gasteiger partial charge in [0.1, 0.15) is 18.7 Å². The Morgan fingerprint density at radius 3 is 2.87 bits per heavy atom. The Labute approximate surface area is 134 Å². The zero-order chi connectivity index (χ0) is 16.1. The number of hydrogen-bond acceptors (Lipinski definition) is 4. The first-order valence-electron chi connectivity index (χ1n) is 7.72. The van der Waals surface area contributed by atoms with Crippen molar-refractivity contribution in [2.75, 3.05) is 11.4 Å². The van der Waals surface area contributed by atoms with Crippen LogP contribution in [0.25, 0.3) is 0 Å². The van der Waals surface area contributed by atoms with Crippen LogP contribution in [0.4, 0.5) is 5.69 Å². The number of piperidine rings is 1. The standard InChI is InChI=1S/C16H19N5O2/c22-15(8-10-20-12-17-11-18-20)19-14-7-4-9-21(16(14)23)13-5-2-1-3-6-13/h1-3,5-6,11-12,14H,4,7-10H2,(H,19,22)/t14-/m0/s1. The van der Waals surface area contributed by atoms with Crippen LogP contribution in [-0.4, -0.2) is 39.2 Å². The highest BCUT2D eigenvalue weighted by Gasteiger charge is 2.30. The van der Waals surface area contributed by atoms with E-state index in [1.165, 1.54) is 6.33 Å². The van der Waals surface area contributed by atoms with Crippen LogP contribution in [-0.2, 0) is 16.1 Å². The van der Waals surface area contributed by atoms with E-state index in [0.29, 0.717) is 19.5 Å². The Hall–Kier alpha value is -2.70. The molecule has 7 nitrogen and oxygen atoms in total. The summed E-state index contributed by atoms with van der Waals surface area (Å²) < 4.78 is 1.60. The Kier molecular flexibility index (Phi) is 4.65. The largest absolute Gasteiger partial charge is 0.344 e. The van der Waals surface area contributed by atoms with Gasteiger partial charge in [-0.1, -0.05) is 18.2 Å². The van der Waals surface area contributed by atoms with Crippen molar-refractivity contribution in [3.63, 3.8) is 0 Å². The fourth-order valence-corrected chi connectivity index (χ4v) is 2.70. The van der Waals surface area contributed by atoms with Gasteiger partial charge in [0.15, 0.2) is 0 Å². The predicted molar refractivity (Wildman–Crippen MR) is 84.6 cm³/mol. The van der Waals surface area contributed by atoms with E-state index in [1.807, 2.05) is 30.3 Å². The van der Waals surface area contributed by atoms with Crippen LogP contribution in [0, 0.1) is 0 Å². The quantitative estimate of drug-likeness (QED) is 0.892. The molecular weight excluding hydrogens is 294 g/mol. The van der Waals surface area contributed by atoms with E-state index < -0.39 is 6.04 Å². The molecule has 1 aliphatic rings. The van der Waals surface area contributed by atoms with Crippen LogP contribution in [0.1, 0.15) is 19.3 Å². The minimum absolute atomic E-state index is 0.0449. The van der Waals surface area contributed by atoms with Gasteiger partial charge in [-0.25, -0.2) is 4.98 Å². The average molecular weight is 313 g/mol. The number of amides is 2. The van der Waals surface area contributed by atoms with Crippen molar-refractivity contribution < 1.29 is 9.59 Å². The van der Waals surface area contributed by atoms with Crippen molar-refractivity contribution in [2.45, 2.75) is 31.8 Å². The molecule has 1 aliphatic heterocycles. The monoisotopic (exact) mass is 313 g/mol. The number of hydrogen-bond donors (Lipinski definition) is 1. The minimum Gasteiger partial charge on any atom is -0.344 e. The summed E-state index contributed by atoms with van der Waals surface area (Å²) in [7, 11) is 0. The molecule has 0 radical (unpaired) electrons. The van der Waals surface area contributed by atoms with Gasteiger partial charge in [0.2, 0.25) is 11.8 Å². The molecule has 2 heterocycles. The second kappa shape index (κ2) is 7.04. The molecule has 2 amide bonds. The molecule has 1 fully saturated rings. The summed E-state index contributed by atoms with van der Waals surface area (Å²) in [5.41, 5.74) is 0.874. The molecule has 23 heavy (non-hydrogen) atoms. The predicted octanol–water partition coefficient (Wildman–Crippen LogP) is 0.980. The van der Waals surface area contributed by atoms with Gasteiger partial charge in [0.25, 0.3) is 0 Å². The van der Waals surface area contributed by atoms with Crippen molar-refractivity contribution in [1.82, 2.24) is 20.1 Å². The molecule has 0 bridgehead atoms. The van der Waals surface area contributed by atoms with Crippen molar-refractivity contribution in [1.29, 1.82) is 0 Å². The fourth-order valence-electron chi connectivity index (χ4n) is 2.70. The van der Waals surface area contributed by atoms with E-state index in [4.69, 9.17) is 0 Å². The molecule has 1 aromatic carbocycles. The lowest BCUT2D eigenvalue weighted by Gasteiger charge is -2.32. The van der Waals surface area contributed by atoms with E-state index in [0.717, 1.165) is 12.1 Å². The summed E-state index contributed by atoms with van der Waals surface area (Å²) in [6, 6.07) is 9.10. The molecule has 1 aromatic heterocycles. The molecule has 0 saturated carbocycles. The lowest BCUT2D eigenvalue weighted by molar-refractivity contribution is -0.128. The first-order chi connectivity index (χ1) is 11.2. The Balaban J connectivity index is 1.57. The van der Waals surface area contributed by atoms with Crippen LogP contribution in [0.5, 0.6) is 0 Å². The number of nitrogens with zero attached hydrogens (tertiary/aromatic N) is 4. The SMILES string of the molecule is O=C(CCn1cncn1)N[C@H]1CCCN(c2ccccc2)C1=O. The summed E-state index contributed by atoms with van der Waals surface area (Å²) >= 11 is 0. The number of carbonyl (C=O) groups is 2. The third-order valence-electron chi connectivity index (χ3n) is 3.88. The van der Waals surface area contributed by atoms with Crippen molar-refractivity contribution in [3.8, 4) is 0 Å². The molecular formula is C16H19N5O2. The molecule has 2 aromatic rings. The summed E-state index contributed by atoms with van der Waals surface area (Å²) in [6.07, 6.45) is 4.82. The maximum absolute atomic E-state index is 12.6. The minimum atomic E-state index is -0.452.